The molecule has 1 aromatic rings. The second-order valence-electron chi connectivity index (χ2n) is 6.40. The van der Waals surface area contributed by atoms with Crippen molar-refractivity contribution >= 4 is 11.9 Å². The Balaban J connectivity index is 1.49. The number of amides is 1. The molecule has 0 aliphatic heterocycles. The summed E-state index contributed by atoms with van der Waals surface area (Å²) in [5.74, 6) is -1.16. The molecule has 2 aliphatic rings. The minimum Gasteiger partial charge on any atom is -0.481 e. The van der Waals surface area contributed by atoms with Crippen LogP contribution in [-0.4, -0.2) is 23.0 Å². The lowest BCUT2D eigenvalue weighted by Gasteiger charge is -2.25. The average molecular weight is 305 g/mol. The fraction of sp³-hybridized carbons (Fsp3) is 0.529. The Bertz CT molecular complexity index is 581. The number of halogens is 1. The number of rotatable bonds is 4. The van der Waals surface area contributed by atoms with Crippen LogP contribution in [-0.2, 0) is 9.59 Å². The third-order valence-corrected chi connectivity index (χ3v) is 4.84. The maximum atomic E-state index is 13.2. The lowest BCUT2D eigenvalue weighted by atomic mass is 9.81. The van der Waals surface area contributed by atoms with E-state index in [2.05, 4.69) is 5.32 Å². The lowest BCUT2D eigenvalue weighted by Crippen LogP contribution is -2.36. The number of hydrogen-bond donors (Lipinski definition) is 2. The summed E-state index contributed by atoms with van der Waals surface area (Å²) in [5.41, 5.74) is 0.930. The molecule has 4 nitrogen and oxygen atoms in total. The summed E-state index contributed by atoms with van der Waals surface area (Å²) in [5, 5.41) is 12.0. The summed E-state index contributed by atoms with van der Waals surface area (Å²) in [6.45, 7) is 0. The van der Waals surface area contributed by atoms with Gasteiger partial charge in [0.15, 0.2) is 0 Å². The highest BCUT2D eigenvalue weighted by atomic mass is 19.1. The van der Waals surface area contributed by atoms with Gasteiger partial charge in [-0.15, -0.1) is 0 Å². The van der Waals surface area contributed by atoms with Crippen LogP contribution in [0.2, 0.25) is 0 Å². The Hall–Kier alpha value is -1.91. The number of aliphatic carboxylic acids is 1. The zero-order chi connectivity index (χ0) is 15.7. The Morgan fingerprint density at radius 1 is 1.14 bits per heavy atom. The van der Waals surface area contributed by atoms with Crippen molar-refractivity contribution in [1.82, 2.24) is 5.32 Å². The van der Waals surface area contributed by atoms with Gasteiger partial charge in [-0.3, -0.25) is 9.59 Å². The topological polar surface area (TPSA) is 66.4 Å². The summed E-state index contributed by atoms with van der Waals surface area (Å²) >= 11 is 0. The first kappa shape index (κ1) is 15.0. The lowest BCUT2D eigenvalue weighted by molar-refractivity contribution is -0.144. The van der Waals surface area contributed by atoms with Crippen molar-refractivity contribution in [3.8, 4) is 0 Å². The maximum Gasteiger partial charge on any atom is 0.306 e. The molecule has 0 heterocycles. The highest BCUT2D eigenvalue weighted by molar-refractivity contribution is 5.80. The third kappa shape index (κ3) is 3.29. The molecule has 1 aromatic carbocycles. The van der Waals surface area contributed by atoms with Crippen molar-refractivity contribution < 1.29 is 19.1 Å². The number of carboxylic acid groups (broad SMARTS) is 1. The summed E-state index contributed by atoms with van der Waals surface area (Å²) in [6, 6.07) is 6.61. The quantitative estimate of drug-likeness (QED) is 0.899. The highest BCUT2D eigenvalue weighted by Gasteiger charge is 2.41. The summed E-state index contributed by atoms with van der Waals surface area (Å²) in [6.07, 6.45) is 3.27. The predicted molar refractivity (Wildman–Crippen MR) is 78.8 cm³/mol. The first-order chi connectivity index (χ1) is 10.5. The van der Waals surface area contributed by atoms with Gasteiger partial charge in [0.1, 0.15) is 5.82 Å². The van der Waals surface area contributed by atoms with Crippen molar-refractivity contribution in [2.75, 3.05) is 0 Å². The molecule has 2 atom stereocenters. The third-order valence-electron chi connectivity index (χ3n) is 4.84. The number of carbonyl (C=O) groups is 2. The Labute approximate surface area is 128 Å². The minimum atomic E-state index is -0.757. The monoisotopic (exact) mass is 305 g/mol. The van der Waals surface area contributed by atoms with E-state index in [0.29, 0.717) is 25.7 Å². The van der Waals surface area contributed by atoms with E-state index in [-0.39, 0.29) is 35.5 Å². The number of nitrogens with one attached hydrogen (secondary N) is 1. The van der Waals surface area contributed by atoms with E-state index in [4.69, 9.17) is 5.11 Å². The first-order valence-electron chi connectivity index (χ1n) is 7.83. The molecule has 0 bridgehead atoms. The van der Waals surface area contributed by atoms with Gasteiger partial charge in [0.05, 0.1) is 5.92 Å². The fourth-order valence-electron chi connectivity index (χ4n) is 3.36. The summed E-state index contributed by atoms with van der Waals surface area (Å²) in [7, 11) is 0. The van der Waals surface area contributed by atoms with E-state index in [1.165, 1.54) is 12.1 Å². The molecule has 2 N–H and O–H groups in total. The largest absolute Gasteiger partial charge is 0.481 e. The summed E-state index contributed by atoms with van der Waals surface area (Å²) in [4.78, 5) is 23.2. The Morgan fingerprint density at radius 3 is 2.45 bits per heavy atom. The van der Waals surface area contributed by atoms with Gasteiger partial charge in [0, 0.05) is 17.9 Å². The van der Waals surface area contributed by atoms with Crippen LogP contribution in [0.25, 0.3) is 0 Å². The number of benzene rings is 1. The Morgan fingerprint density at radius 2 is 1.82 bits per heavy atom. The van der Waals surface area contributed by atoms with Crippen molar-refractivity contribution in [3.63, 3.8) is 0 Å². The van der Waals surface area contributed by atoms with E-state index >= 15 is 0 Å². The normalized spacial score (nSPS) is 30.6. The van der Waals surface area contributed by atoms with E-state index in [1.807, 2.05) is 6.07 Å². The van der Waals surface area contributed by atoms with Crippen LogP contribution in [0.1, 0.15) is 43.6 Å². The average Bonchev–Trinajstić information content (AvgIpc) is 3.26. The van der Waals surface area contributed by atoms with Gasteiger partial charge in [-0.05, 0) is 49.8 Å². The van der Waals surface area contributed by atoms with Crippen LogP contribution in [0.15, 0.2) is 24.3 Å². The zero-order valence-corrected chi connectivity index (χ0v) is 12.3. The molecule has 2 aliphatic carbocycles. The first-order valence-corrected chi connectivity index (χ1v) is 7.83. The van der Waals surface area contributed by atoms with Crippen molar-refractivity contribution in [2.45, 2.75) is 44.1 Å². The van der Waals surface area contributed by atoms with Gasteiger partial charge in [0.2, 0.25) is 5.91 Å². The smallest absolute Gasteiger partial charge is 0.306 e. The molecule has 0 spiro atoms. The molecule has 0 radical (unpaired) electrons. The Kier molecular flexibility index (Phi) is 4.14. The number of carboxylic acids is 1. The molecule has 0 unspecified atom stereocenters. The SMILES string of the molecule is O=C(O)C1CCC(C(=O)N[C@@H]2C[C@H]2c2cccc(F)c2)CC1. The van der Waals surface area contributed by atoms with Gasteiger partial charge in [-0.1, -0.05) is 12.1 Å². The van der Waals surface area contributed by atoms with Gasteiger partial charge < -0.3 is 10.4 Å². The van der Waals surface area contributed by atoms with Crippen LogP contribution >= 0.6 is 0 Å². The van der Waals surface area contributed by atoms with Gasteiger partial charge in [-0.25, -0.2) is 4.39 Å². The van der Waals surface area contributed by atoms with Crippen molar-refractivity contribution in [1.29, 1.82) is 0 Å². The van der Waals surface area contributed by atoms with Crippen molar-refractivity contribution in [3.05, 3.63) is 35.6 Å². The molecule has 0 aromatic heterocycles. The minimum absolute atomic E-state index is 0.0211. The molecule has 3 rings (SSSR count). The molecule has 2 saturated carbocycles. The maximum absolute atomic E-state index is 13.2. The van der Waals surface area contributed by atoms with E-state index in [0.717, 1.165) is 12.0 Å². The van der Waals surface area contributed by atoms with Crippen LogP contribution in [0.5, 0.6) is 0 Å². The zero-order valence-electron chi connectivity index (χ0n) is 12.3. The van der Waals surface area contributed by atoms with Crippen LogP contribution < -0.4 is 5.32 Å². The highest BCUT2D eigenvalue weighted by Crippen LogP contribution is 2.41. The van der Waals surface area contributed by atoms with E-state index in [1.54, 1.807) is 6.07 Å². The predicted octanol–water partition coefficient (Wildman–Crippen LogP) is 2.69. The second kappa shape index (κ2) is 6.07. The molecule has 5 heteroatoms. The van der Waals surface area contributed by atoms with E-state index in [9.17, 15) is 14.0 Å². The number of carbonyl (C=O) groups excluding carboxylic acids is 1. The van der Waals surface area contributed by atoms with Gasteiger partial charge >= 0.3 is 5.97 Å². The molecule has 2 fully saturated rings. The molecule has 1 amide bonds. The molecular formula is C17H20FNO3. The standard InChI is InChI=1S/C17H20FNO3/c18-13-3-1-2-12(8-13)14-9-15(14)19-16(20)10-4-6-11(7-5-10)17(21)22/h1-3,8,10-11,14-15H,4-7,9H2,(H,19,20)(H,21,22)/t10?,11?,14-,15+/m0/s1. The molecular weight excluding hydrogens is 285 g/mol. The van der Waals surface area contributed by atoms with Gasteiger partial charge in [-0.2, -0.15) is 0 Å². The molecule has 22 heavy (non-hydrogen) atoms. The van der Waals surface area contributed by atoms with Crippen LogP contribution in [0.4, 0.5) is 4.39 Å². The second-order valence-corrected chi connectivity index (χ2v) is 6.40. The number of hydrogen-bond acceptors (Lipinski definition) is 2. The van der Waals surface area contributed by atoms with Crippen molar-refractivity contribution in [2.24, 2.45) is 11.8 Å². The molecule has 118 valence electrons. The molecule has 0 saturated heterocycles. The van der Waals surface area contributed by atoms with Gasteiger partial charge in [0.25, 0.3) is 0 Å². The summed E-state index contributed by atoms with van der Waals surface area (Å²) < 4.78 is 13.2. The fourth-order valence-corrected chi connectivity index (χ4v) is 3.36. The van der Waals surface area contributed by atoms with E-state index < -0.39 is 5.97 Å². The van der Waals surface area contributed by atoms with Crippen LogP contribution in [0.3, 0.4) is 0 Å². The van der Waals surface area contributed by atoms with Crippen LogP contribution in [0, 0.1) is 17.7 Å².